The van der Waals surface area contributed by atoms with Crippen LogP contribution in [0.25, 0.3) is 10.2 Å². The molecule has 0 radical (unpaired) electrons. The highest BCUT2D eigenvalue weighted by Crippen LogP contribution is 2.33. The zero-order valence-electron chi connectivity index (χ0n) is 16.0. The van der Waals surface area contributed by atoms with E-state index in [0.29, 0.717) is 26.9 Å². The van der Waals surface area contributed by atoms with Gasteiger partial charge in [0.15, 0.2) is 5.13 Å². The van der Waals surface area contributed by atoms with Crippen LogP contribution in [0, 0.1) is 10.1 Å². The monoisotopic (exact) mass is 470 g/mol. The van der Waals surface area contributed by atoms with E-state index >= 15 is 0 Å². The molecule has 0 bridgehead atoms. The summed E-state index contributed by atoms with van der Waals surface area (Å²) >= 11 is 8.58. The maximum Gasteiger partial charge on any atom is 0.270 e. The molecule has 0 aliphatic heterocycles. The smallest absolute Gasteiger partial charge is 0.270 e. The highest BCUT2D eigenvalue weighted by molar-refractivity contribution is 8.00. The Morgan fingerprint density at radius 1 is 1.19 bits per heavy atom. The lowest BCUT2D eigenvalue weighted by atomic mass is 10.2. The molecule has 0 aliphatic carbocycles. The second-order valence-electron chi connectivity index (χ2n) is 6.49. The minimum atomic E-state index is -0.444. The molecule has 4 rings (SSSR count). The van der Waals surface area contributed by atoms with Gasteiger partial charge in [-0.3, -0.25) is 24.8 Å². The number of fused-ring (bicyclic) bond motifs is 1. The molecule has 7 nitrogen and oxygen atoms in total. The van der Waals surface area contributed by atoms with E-state index in [1.165, 1.54) is 35.2 Å². The molecule has 0 fully saturated rings. The molecule has 0 aliphatic rings. The fraction of sp³-hybridized carbons (Fsp3) is 0.0952. The molecular weight excluding hydrogens is 456 g/mol. The van der Waals surface area contributed by atoms with E-state index in [4.69, 9.17) is 11.6 Å². The van der Waals surface area contributed by atoms with Crippen molar-refractivity contribution in [3.05, 3.63) is 87.7 Å². The summed E-state index contributed by atoms with van der Waals surface area (Å²) in [5.41, 5.74) is 1.46. The first-order valence-corrected chi connectivity index (χ1v) is 11.3. The van der Waals surface area contributed by atoms with Crippen molar-refractivity contribution in [1.29, 1.82) is 0 Å². The Labute approximate surface area is 190 Å². The van der Waals surface area contributed by atoms with Gasteiger partial charge in [0.2, 0.25) is 5.91 Å². The number of carbonyl (C=O) groups excluding carboxylic acids is 1. The van der Waals surface area contributed by atoms with E-state index in [1.54, 1.807) is 35.5 Å². The molecule has 0 atom stereocenters. The second-order valence-corrected chi connectivity index (χ2v) is 8.98. The number of thiazole rings is 1. The Bertz CT molecular complexity index is 1230. The number of benzene rings is 2. The number of aromatic nitrogens is 2. The number of nitrogens with zero attached hydrogens (tertiary/aromatic N) is 4. The third kappa shape index (κ3) is 5.19. The van der Waals surface area contributed by atoms with E-state index in [-0.39, 0.29) is 17.3 Å². The van der Waals surface area contributed by atoms with Crippen molar-refractivity contribution in [3.8, 4) is 0 Å². The van der Waals surface area contributed by atoms with Crippen molar-refractivity contribution < 1.29 is 9.72 Å². The van der Waals surface area contributed by atoms with Gasteiger partial charge in [0, 0.05) is 34.4 Å². The number of rotatable bonds is 7. The predicted octanol–water partition coefficient (Wildman–Crippen LogP) is 5.58. The zero-order chi connectivity index (χ0) is 21.8. The van der Waals surface area contributed by atoms with Crippen LogP contribution in [-0.4, -0.2) is 26.6 Å². The van der Waals surface area contributed by atoms with Crippen molar-refractivity contribution in [3.63, 3.8) is 0 Å². The summed E-state index contributed by atoms with van der Waals surface area (Å²) in [6, 6.07) is 15.5. The van der Waals surface area contributed by atoms with E-state index in [1.807, 2.05) is 24.3 Å². The van der Waals surface area contributed by atoms with Gasteiger partial charge in [-0.05, 0) is 42.0 Å². The normalized spacial score (nSPS) is 10.9. The number of thioether (sulfide) groups is 1. The van der Waals surface area contributed by atoms with Crippen molar-refractivity contribution in [1.82, 2.24) is 9.97 Å². The predicted molar refractivity (Wildman–Crippen MR) is 124 cm³/mol. The van der Waals surface area contributed by atoms with Crippen molar-refractivity contribution >= 4 is 61.6 Å². The Hall–Kier alpha value is -3.01. The minimum Gasteiger partial charge on any atom is -0.283 e. The lowest BCUT2D eigenvalue weighted by Crippen LogP contribution is -2.31. The van der Waals surface area contributed by atoms with Crippen LogP contribution in [0.4, 0.5) is 10.8 Å². The van der Waals surface area contributed by atoms with Gasteiger partial charge in [0.25, 0.3) is 5.69 Å². The van der Waals surface area contributed by atoms with Crippen LogP contribution >= 0.6 is 34.7 Å². The molecule has 0 saturated carbocycles. The minimum absolute atomic E-state index is 0.00821. The van der Waals surface area contributed by atoms with E-state index in [0.717, 1.165) is 10.5 Å². The van der Waals surface area contributed by atoms with Crippen molar-refractivity contribution in [2.24, 2.45) is 0 Å². The maximum atomic E-state index is 13.2. The quantitative estimate of drug-likeness (QED) is 0.199. The standard InChI is InChI=1S/C21H15ClN4O3S2/c22-15-3-6-17(7-4-15)30-13-20(27)25(12-14-2-1-9-23-11-14)21-24-18-8-5-16(26(28)29)10-19(18)31-21/h1-11H,12-13H2. The average molecular weight is 471 g/mol. The molecule has 156 valence electrons. The Balaban J connectivity index is 1.61. The molecule has 0 unspecified atom stereocenters. The Morgan fingerprint density at radius 3 is 2.71 bits per heavy atom. The molecule has 4 aromatic rings. The van der Waals surface area contributed by atoms with Gasteiger partial charge in [-0.1, -0.05) is 29.0 Å². The highest BCUT2D eigenvalue weighted by atomic mass is 35.5. The number of nitro groups is 1. The third-order valence-corrected chi connectivity index (χ3v) is 6.63. The van der Waals surface area contributed by atoms with Crippen molar-refractivity contribution in [2.45, 2.75) is 11.4 Å². The lowest BCUT2D eigenvalue weighted by molar-refractivity contribution is -0.384. The molecule has 0 spiro atoms. The number of halogens is 1. The van der Waals surface area contributed by atoms with E-state index in [9.17, 15) is 14.9 Å². The van der Waals surface area contributed by atoms with Gasteiger partial charge < -0.3 is 0 Å². The van der Waals surface area contributed by atoms with Crippen LogP contribution in [0.2, 0.25) is 5.02 Å². The van der Waals surface area contributed by atoms with Gasteiger partial charge in [-0.25, -0.2) is 4.98 Å². The number of pyridine rings is 1. The summed E-state index contributed by atoms with van der Waals surface area (Å²) in [7, 11) is 0. The summed E-state index contributed by atoms with van der Waals surface area (Å²) in [4.78, 5) is 35.0. The van der Waals surface area contributed by atoms with E-state index < -0.39 is 4.92 Å². The lowest BCUT2D eigenvalue weighted by Gasteiger charge is -2.19. The van der Waals surface area contributed by atoms with Crippen LogP contribution in [0.3, 0.4) is 0 Å². The van der Waals surface area contributed by atoms with Gasteiger partial charge >= 0.3 is 0 Å². The number of carbonyl (C=O) groups is 1. The molecule has 2 heterocycles. The van der Waals surface area contributed by atoms with Crippen LogP contribution in [0.1, 0.15) is 5.56 Å². The number of amides is 1. The first-order chi connectivity index (χ1) is 15.0. The largest absolute Gasteiger partial charge is 0.283 e. The zero-order valence-corrected chi connectivity index (χ0v) is 18.4. The molecular formula is C21H15ClN4O3S2. The van der Waals surface area contributed by atoms with Crippen LogP contribution in [-0.2, 0) is 11.3 Å². The van der Waals surface area contributed by atoms with Gasteiger partial charge in [-0.15, -0.1) is 11.8 Å². The first kappa shape index (κ1) is 21.2. The number of non-ortho nitro benzene ring substituents is 1. The fourth-order valence-electron chi connectivity index (χ4n) is 2.82. The summed E-state index contributed by atoms with van der Waals surface area (Å²) in [6.07, 6.45) is 3.37. The SMILES string of the molecule is O=C(CSc1ccc(Cl)cc1)N(Cc1cccnc1)c1nc2ccc([N+](=O)[O-])cc2s1. The number of anilines is 1. The van der Waals surface area contributed by atoms with Crippen LogP contribution in [0.5, 0.6) is 0 Å². The number of nitro benzene ring substituents is 1. The van der Waals surface area contributed by atoms with Crippen LogP contribution in [0.15, 0.2) is 71.9 Å². The Kier molecular flexibility index (Phi) is 6.45. The fourth-order valence-corrected chi connectivity index (χ4v) is 4.74. The summed E-state index contributed by atoms with van der Waals surface area (Å²) < 4.78 is 0.651. The highest BCUT2D eigenvalue weighted by Gasteiger charge is 2.21. The second kappa shape index (κ2) is 9.42. The molecule has 0 saturated heterocycles. The molecule has 2 aromatic carbocycles. The van der Waals surface area contributed by atoms with Gasteiger partial charge in [-0.2, -0.15) is 0 Å². The molecule has 1 amide bonds. The van der Waals surface area contributed by atoms with Crippen LogP contribution < -0.4 is 4.90 Å². The third-order valence-electron chi connectivity index (χ3n) is 4.34. The Morgan fingerprint density at radius 2 is 2.00 bits per heavy atom. The first-order valence-electron chi connectivity index (χ1n) is 9.12. The van der Waals surface area contributed by atoms with Gasteiger partial charge in [0.1, 0.15) is 0 Å². The van der Waals surface area contributed by atoms with Gasteiger partial charge in [0.05, 0.1) is 27.4 Å². The summed E-state index contributed by atoms with van der Waals surface area (Å²) in [6.45, 7) is 0.301. The number of hydrogen-bond acceptors (Lipinski definition) is 7. The molecule has 2 aromatic heterocycles. The average Bonchev–Trinajstić information content (AvgIpc) is 3.20. The van der Waals surface area contributed by atoms with Crippen molar-refractivity contribution in [2.75, 3.05) is 10.7 Å². The van der Waals surface area contributed by atoms with E-state index in [2.05, 4.69) is 9.97 Å². The number of hydrogen-bond donors (Lipinski definition) is 0. The summed E-state index contributed by atoms with van der Waals surface area (Å²) in [5.74, 6) is 0.0789. The molecule has 0 N–H and O–H groups in total. The maximum absolute atomic E-state index is 13.2. The topological polar surface area (TPSA) is 89.2 Å². The molecule has 10 heteroatoms. The summed E-state index contributed by atoms with van der Waals surface area (Å²) in [5, 5.41) is 12.2. The molecule has 31 heavy (non-hydrogen) atoms.